The number of aromatic nitrogens is 4. The van der Waals surface area contributed by atoms with Crippen LogP contribution in [0.1, 0.15) is 0 Å². The van der Waals surface area contributed by atoms with E-state index in [4.69, 9.17) is 0 Å². The fraction of sp³-hybridized carbons (Fsp3) is 0. The van der Waals surface area contributed by atoms with Gasteiger partial charge >= 0.3 is 0 Å². The molecule has 0 bridgehead atoms. The number of pyridine rings is 4. The fourth-order valence-electron chi connectivity index (χ4n) is 2.39. The van der Waals surface area contributed by atoms with Crippen molar-refractivity contribution < 1.29 is 0 Å². The van der Waals surface area contributed by atoms with E-state index < -0.39 is 0 Å². The number of azo groups is 1. The van der Waals surface area contributed by atoms with Crippen molar-refractivity contribution in [2.24, 2.45) is 10.2 Å². The van der Waals surface area contributed by atoms with Crippen molar-refractivity contribution >= 4 is 11.4 Å². The Morgan fingerprint density at radius 3 is 1.35 bits per heavy atom. The molecule has 4 rings (SSSR count). The lowest BCUT2D eigenvalue weighted by molar-refractivity contribution is 1.18. The normalized spacial score (nSPS) is 10.9. The second-order valence-electron chi connectivity index (χ2n) is 5.43. The highest BCUT2D eigenvalue weighted by Crippen LogP contribution is 2.24. The van der Waals surface area contributed by atoms with Gasteiger partial charge in [-0.05, 0) is 48.5 Å². The molecule has 0 atom stereocenters. The fourth-order valence-corrected chi connectivity index (χ4v) is 2.39. The Labute approximate surface area is 150 Å². The van der Waals surface area contributed by atoms with E-state index in [0.29, 0.717) is 11.4 Å². The quantitative estimate of drug-likeness (QED) is 0.490. The molecule has 0 aliphatic rings. The third kappa shape index (κ3) is 3.64. The molecular formula is C20H14N6. The first-order valence-corrected chi connectivity index (χ1v) is 8.05. The summed E-state index contributed by atoms with van der Waals surface area (Å²) in [5.41, 5.74) is 4.52. The van der Waals surface area contributed by atoms with E-state index in [0.717, 1.165) is 22.8 Å². The minimum atomic E-state index is 0.705. The van der Waals surface area contributed by atoms with Gasteiger partial charge in [0.05, 0.1) is 34.2 Å². The van der Waals surface area contributed by atoms with Gasteiger partial charge in [0.1, 0.15) is 0 Å². The summed E-state index contributed by atoms with van der Waals surface area (Å²) in [5, 5.41) is 8.61. The average molecular weight is 338 g/mol. The Kier molecular flexibility index (Phi) is 4.47. The van der Waals surface area contributed by atoms with E-state index in [-0.39, 0.29) is 0 Å². The van der Waals surface area contributed by atoms with Gasteiger partial charge in [0.25, 0.3) is 0 Å². The van der Waals surface area contributed by atoms with Crippen LogP contribution in [0.4, 0.5) is 11.4 Å². The molecule has 0 radical (unpaired) electrons. The standard InChI is InChI=1S/C20H14N6/c1-3-9-21-17(5-1)19-13-15(7-11-23-19)25-26-16-8-12-24-20(14-16)18-6-2-4-10-22-18/h1-14H. The predicted octanol–water partition coefficient (Wildman–Crippen LogP) is 5.02. The highest BCUT2D eigenvalue weighted by molar-refractivity contribution is 5.60. The van der Waals surface area contributed by atoms with Crippen LogP contribution in [0.15, 0.2) is 95.7 Å². The van der Waals surface area contributed by atoms with E-state index in [2.05, 4.69) is 30.2 Å². The number of hydrogen-bond donors (Lipinski definition) is 0. The Balaban J connectivity index is 1.59. The molecule has 0 aromatic carbocycles. The molecule has 6 nitrogen and oxygen atoms in total. The average Bonchev–Trinajstić information content (AvgIpc) is 2.74. The zero-order valence-electron chi connectivity index (χ0n) is 13.8. The minimum absolute atomic E-state index is 0.705. The number of rotatable bonds is 4. The molecule has 26 heavy (non-hydrogen) atoms. The highest BCUT2D eigenvalue weighted by Gasteiger charge is 2.03. The van der Waals surface area contributed by atoms with Crippen LogP contribution in [-0.2, 0) is 0 Å². The van der Waals surface area contributed by atoms with Crippen molar-refractivity contribution in [2.45, 2.75) is 0 Å². The molecule has 0 saturated carbocycles. The predicted molar refractivity (Wildman–Crippen MR) is 99.1 cm³/mol. The summed E-state index contributed by atoms with van der Waals surface area (Å²) in [6, 6.07) is 18.7. The van der Waals surface area contributed by atoms with Crippen LogP contribution >= 0.6 is 0 Å². The minimum Gasteiger partial charge on any atom is -0.255 e. The van der Waals surface area contributed by atoms with Gasteiger partial charge < -0.3 is 0 Å². The van der Waals surface area contributed by atoms with Gasteiger partial charge in [-0.2, -0.15) is 10.2 Å². The maximum atomic E-state index is 4.34. The monoisotopic (exact) mass is 338 g/mol. The molecule has 0 unspecified atom stereocenters. The highest BCUT2D eigenvalue weighted by atomic mass is 15.1. The van der Waals surface area contributed by atoms with Gasteiger partial charge in [0.15, 0.2) is 0 Å². The van der Waals surface area contributed by atoms with Gasteiger partial charge in [-0.15, -0.1) is 0 Å². The van der Waals surface area contributed by atoms with Crippen LogP contribution in [0.3, 0.4) is 0 Å². The van der Waals surface area contributed by atoms with Crippen LogP contribution in [-0.4, -0.2) is 19.9 Å². The number of hydrogen-bond acceptors (Lipinski definition) is 6. The van der Waals surface area contributed by atoms with Crippen LogP contribution in [0.2, 0.25) is 0 Å². The SMILES string of the molecule is c1ccc(-c2cc(N=Nc3ccnc(-c4ccccn4)c3)ccn2)nc1. The zero-order chi connectivity index (χ0) is 17.6. The summed E-state index contributed by atoms with van der Waals surface area (Å²) < 4.78 is 0. The Bertz CT molecular complexity index is 947. The summed E-state index contributed by atoms with van der Waals surface area (Å²) in [5.74, 6) is 0. The van der Waals surface area contributed by atoms with Crippen molar-refractivity contribution in [2.75, 3.05) is 0 Å². The van der Waals surface area contributed by atoms with Crippen molar-refractivity contribution in [3.05, 3.63) is 85.5 Å². The largest absolute Gasteiger partial charge is 0.255 e. The molecule has 0 amide bonds. The van der Waals surface area contributed by atoms with Crippen LogP contribution in [0, 0.1) is 0 Å². The molecule has 0 saturated heterocycles. The van der Waals surface area contributed by atoms with Crippen LogP contribution < -0.4 is 0 Å². The lowest BCUT2D eigenvalue weighted by Crippen LogP contribution is -1.85. The summed E-state index contributed by atoms with van der Waals surface area (Å²) in [6.45, 7) is 0. The van der Waals surface area contributed by atoms with E-state index in [9.17, 15) is 0 Å². The molecule has 0 aliphatic carbocycles. The summed E-state index contributed by atoms with van der Waals surface area (Å²) in [7, 11) is 0. The lowest BCUT2D eigenvalue weighted by atomic mass is 10.2. The molecule has 4 heterocycles. The molecule has 0 N–H and O–H groups in total. The van der Waals surface area contributed by atoms with Crippen LogP contribution in [0.25, 0.3) is 22.8 Å². The van der Waals surface area contributed by atoms with Gasteiger partial charge in [-0.3, -0.25) is 19.9 Å². The van der Waals surface area contributed by atoms with Crippen molar-refractivity contribution in [3.63, 3.8) is 0 Å². The summed E-state index contributed by atoms with van der Waals surface area (Å²) in [6.07, 6.45) is 6.87. The molecule has 4 aromatic rings. The van der Waals surface area contributed by atoms with E-state index in [1.165, 1.54) is 0 Å². The summed E-state index contributed by atoms with van der Waals surface area (Å²) in [4.78, 5) is 17.3. The lowest BCUT2D eigenvalue weighted by Gasteiger charge is -2.01. The van der Waals surface area contributed by atoms with E-state index in [1.54, 1.807) is 36.9 Å². The second kappa shape index (κ2) is 7.40. The van der Waals surface area contributed by atoms with E-state index in [1.807, 2.05) is 48.5 Å². The third-order valence-electron chi connectivity index (χ3n) is 3.62. The maximum Gasteiger partial charge on any atom is 0.0908 e. The molecular weight excluding hydrogens is 324 g/mol. The second-order valence-corrected chi connectivity index (χ2v) is 5.43. The van der Waals surface area contributed by atoms with Crippen molar-refractivity contribution in [1.29, 1.82) is 0 Å². The van der Waals surface area contributed by atoms with Crippen molar-refractivity contribution in [3.8, 4) is 22.8 Å². The number of nitrogens with zero attached hydrogens (tertiary/aromatic N) is 6. The third-order valence-corrected chi connectivity index (χ3v) is 3.62. The zero-order valence-corrected chi connectivity index (χ0v) is 13.8. The van der Waals surface area contributed by atoms with Crippen molar-refractivity contribution in [1.82, 2.24) is 19.9 Å². The van der Waals surface area contributed by atoms with Crippen LogP contribution in [0.5, 0.6) is 0 Å². The summed E-state index contributed by atoms with van der Waals surface area (Å²) >= 11 is 0. The molecule has 0 aliphatic heterocycles. The first kappa shape index (κ1) is 15.7. The smallest absolute Gasteiger partial charge is 0.0908 e. The topological polar surface area (TPSA) is 76.3 Å². The van der Waals surface area contributed by atoms with Gasteiger partial charge in [0.2, 0.25) is 0 Å². The Morgan fingerprint density at radius 2 is 0.923 bits per heavy atom. The first-order chi connectivity index (χ1) is 12.9. The molecule has 124 valence electrons. The Hall–Kier alpha value is -3.80. The first-order valence-electron chi connectivity index (χ1n) is 8.05. The molecule has 4 aromatic heterocycles. The van der Waals surface area contributed by atoms with Gasteiger partial charge in [-0.1, -0.05) is 12.1 Å². The maximum absolute atomic E-state index is 4.34. The Morgan fingerprint density at radius 1 is 0.462 bits per heavy atom. The molecule has 0 spiro atoms. The molecule has 6 heteroatoms. The van der Waals surface area contributed by atoms with E-state index >= 15 is 0 Å². The molecule has 0 fully saturated rings. The van der Waals surface area contributed by atoms with Gasteiger partial charge in [-0.25, -0.2) is 0 Å². The van der Waals surface area contributed by atoms with Gasteiger partial charge in [0, 0.05) is 24.8 Å².